The van der Waals surface area contributed by atoms with Crippen molar-refractivity contribution in [3.63, 3.8) is 0 Å². The van der Waals surface area contributed by atoms with E-state index in [-0.39, 0.29) is 12.5 Å². The molecule has 7 heteroatoms. The van der Waals surface area contributed by atoms with Gasteiger partial charge in [-0.2, -0.15) is 5.10 Å². The Bertz CT molecular complexity index is 1160. The van der Waals surface area contributed by atoms with Crippen LogP contribution < -0.4 is 19.6 Å². The number of hydrogen-bond donors (Lipinski definition) is 1. The van der Waals surface area contributed by atoms with Crippen LogP contribution >= 0.6 is 11.6 Å². The van der Waals surface area contributed by atoms with Gasteiger partial charge < -0.3 is 14.2 Å². The number of aryl methyl sites for hydroxylation is 1. The molecule has 0 aliphatic heterocycles. The lowest BCUT2D eigenvalue weighted by Gasteiger charge is -2.14. The zero-order valence-electron chi connectivity index (χ0n) is 20.5. The molecule has 0 fully saturated rings. The summed E-state index contributed by atoms with van der Waals surface area (Å²) >= 11 is 5.94. The summed E-state index contributed by atoms with van der Waals surface area (Å²) in [5.41, 5.74) is 6.40. The topological polar surface area (TPSA) is 69.2 Å². The second-order valence-corrected chi connectivity index (χ2v) is 8.77. The van der Waals surface area contributed by atoms with E-state index in [1.54, 1.807) is 6.21 Å². The van der Waals surface area contributed by atoms with Crippen molar-refractivity contribution in [2.24, 2.45) is 5.10 Å². The van der Waals surface area contributed by atoms with Gasteiger partial charge in [0.1, 0.15) is 12.4 Å². The Morgan fingerprint density at radius 2 is 1.74 bits per heavy atom. The first kappa shape index (κ1) is 26.1. The Labute approximate surface area is 211 Å². The van der Waals surface area contributed by atoms with Crippen LogP contribution in [0, 0.1) is 6.92 Å². The van der Waals surface area contributed by atoms with Gasteiger partial charge in [0.05, 0.1) is 12.8 Å². The van der Waals surface area contributed by atoms with Gasteiger partial charge in [-0.15, -0.1) is 0 Å². The fourth-order valence-corrected chi connectivity index (χ4v) is 3.46. The molecule has 0 heterocycles. The molecule has 0 aromatic heterocycles. The SMILES string of the molecule is CCOc1cc(C=NNC(=O)COc2cc(C)ccc2C(C)C)ccc1OCc1ccc(Cl)cc1. The smallest absolute Gasteiger partial charge is 0.277 e. The maximum atomic E-state index is 12.2. The van der Waals surface area contributed by atoms with Crippen molar-refractivity contribution >= 4 is 23.7 Å². The van der Waals surface area contributed by atoms with Crippen molar-refractivity contribution in [1.29, 1.82) is 0 Å². The first-order valence-corrected chi connectivity index (χ1v) is 11.9. The average Bonchev–Trinajstić information content (AvgIpc) is 2.83. The molecule has 0 aliphatic carbocycles. The lowest BCUT2D eigenvalue weighted by atomic mass is 10.0. The number of hydrogen-bond acceptors (Lipinski definition) is 5. The van der Waals surface area contributed by atoms with Gasteiger partial charge in [-0.1, -0.05) is 49.7 Å². The Hall–Kier alpha value is -3.51. The average molecular weight is 495 g/mol. The summed E-state index contributed by atoms with van der Waals surface area (Å²) in [6, 6.07) is 19.0. The highest BCUT2D eigenvalue weighted by Gasteiger charge is 2.10. The maximum Gasteiger partial charge on any atom is 0.277 e. The second kappa shape index (κ2) is 12.8. The molecule has 3 aromatic carbocycles. The molecule has 184 valence electrons. The predicted octanol–water partition coefficient (Wildman–Crippen LogP) is 6.28. The molecular formula is C28H31ClN2O4. The molecule has 0 saturated carbocycles. The number of halogens is 1. The van der Waals surface area contributed by atoms with Crippen LogP contribution in [-0.4, -0.2) is 25.3 Å². The second-order valence-electron chi connectivity index (χ2n) is 8.33. The number of ether oxygens (including phenoxy) is 3. The number of nitrogens with one attached hydrogen (secondary N) is 1. The normalized spacial score (nSPS) is 11.0. The molecule has 35 heavy (non-hydrogen) atoms. The fraction of sp³-hybridized carbons (Fsp3) is 0.286. The third kappa shape index (κ3) is 8.04. The Kier molecular flexibility index (Phi) is 9.56. The Balaban J connectivity index is 1.57. The van der Waals surface area contributed by atoms with E-state index >= 15 is 0 Å². The molecule has 0 unspecified atom stereocenters. The number of nitrogens with zero attached hydrogens (tertiary/aromatic N) is 1. The molecule has 0 radical (unpaired) electrons. The molecule has 0 saturated heterocycles. The molecule has 1 amide bonds. The van der Waals surface area contributed by atoms with Gasteiger partial charge in [-0.05, 0) is 78.4 Å². The van der Waals surface area contributed by atoms with Crippen LogP contribution in [-0.2, 0) is 11.4 Å². The molecule has 6 nitrogen and oxygen atoms in total. The van der Waals surface area contributed by atoms with Crippen molar-refractivity contribution < 1.29 is 19.0 Å². The molecule has 3 aromatic rings. The van der Waals surface area contributed by atoms with Crippen molar-refractivity contribution in [3.05, 3.63) is 87.9 Å². The van der Waals surface area contributed by atoms with Gasteiger partial charge in [0, 0.05) is 5.02 Å². The van der Waals surface area contributed by atoms with E-state index in [1.165, 1.54) is 0 Å². The number of benzene rings is 3. The molecule has 0 spiro atoms. The van der Waals surface area contributed by atoms with Gasteiger partial charge >= 0.3 is 0 Å². The highest BCUT2D eigenvalue weighted by molar-refractivity contribution is 6.30. The monoisotopic (exact) mass is 494 g/mol. The molecule has 0 bridgehead atoms. The van der Waals surface area contributed by atoms with Crippen molar-refractivity contribution in [1.82, 2.24) is 5.43 Å². The van der Waals surface area contributed by atoms with Crippen LogP contribution in [0.25, 0.3) is 0 Å². The highest BCUT2D eigenvalue weighted by atomic mass is 35.5. The van der Waals surface area contributed by atoms with E-state index in [1.807, 2.05) is 74.5 Å². The highest BCUT2D eigenvalue weighted by Crippen LogP contribution is 2.29. The molecule has 0 atom stereocenters. The van der Waals surface area contributed by atoms with Gasteiger partial charge in [0.15, 0.2) is 18.1 Å². The number of carbonyl (C=O) groups is 1. The Morgan fingerprint density at radius 3 is 2.46 bits per heavy atom. The minimum Gasteiger partial charge on any atom is -0.490 e. The van der Waals surface area contributed by atoms with Gasteiger partial charge in [0.2, 0.25) is 0 Å². The minimum atomic E-state index is -0.342. The first-order valence-electron chi connectivity index (χ1n) is 11.5. The van der Waals surface area contributed by atoms with E-state index in [9.17, 15) is 4.79 Å². The number of amides is 1. The summed E-state index contributed by atoms with van der Waals surface area (Å²) in [5.74, 6) is 1.89. The fourth-order valence-electron chi connectivity index (χ4n) is 3.33. The molecular weight excluding hydrogens is 464 g/mol. The molecule has 1 N–H and O–H groups in total. The van der Waals surface area contributed by atoms with Crippen LogP contribution in [0.5, 0.6) is 17.2 Å². The van der Waals surface area contributed by atoms with Crippen LogP contribution in [0.1, 0.15) is 48.9 Å². The van der Waals surface area contributed by atoms with E-state index < -0.39 is 0 Å². The minimum absolute atomic E-state index is 0.123. The van der Waals surface area contributed by atoms with Gasteiger partial charge in [0.25, 0.3) is 5.91 Å². The summed E-state index contributed by atoms with van der Waals surface area (Å²) in [6.45, 7) is 8.83. The van der Waals surface area contributed by atoms with E-state index in [0.29, 0.717) is 35.7 Å². The number of carbonyl (C=O) groups excluding carboxylic acids is 1. The zero-order valence-corrected chi connectivity index (χ0v) is 21.3. The van der Waals surface area contributed by atoms with Gasteiger partial charge in [-0.3, -0.25) is 4.79 Å². The quantitative estimate of drug-likeness (QED) is 0.251. The van der Waals surface area contributed by atoms with Crippen LogP contribution in [0.2, 0.25) is 5.02 Å². The maximum absolute atomic E-state index is 12.2. The third-order valence-electron chi connectivity index (χ3n) is 5.13. The standard InChI is InChI=1S/C28H31ClN2O4/c1-5-33-27-15-22(9-13-25(27)34-17-21-7-10-23(29)11-8-21)16-30-31-28(32)18-35-26-14-20(4)6-12-24(26)19(2)3/h6-16,19H,5,17-18H2,1-4H3,(H,31,32). The van der Waals surface area contributed by atoms with Crippen LogP contribution in [0.3, 0.4) is 0 Å². The van der Waals surface area contributed by atoms with Crippen LogP contribution in [0.4, 0.5) is 0 Å². The summed E-state index contributed by atoms with van der Waals surface area (Å²) in [6.07, 6.45) is 1.55. The van der Waals surface area contributed by atoms with Crippen molar-refractivity contribution in [2.75, 3.05) is 13.2 Å². The largest absolute Gasteiger partial charge is 0.490 e. The molecule has 0 aliphatic rings. The lowest BCUT2D eigenvalue weighted by Crippen LogP contribution is -2.25. The lowest BCUT2D eigenvalue weighted by molar-refractivity contribution is -0.123. The number of hydrazone groups is 1. The predicted molar refractivity (Wildman–Crippen MR) is 140 cm³/mol. The first-order chi connectivity index (χ1) is 16.9. The van der Waals surface area contributed by atoms with E-state index in [4.69, 9.17) is 25.8 Å². The third-order valence-corrected chi connectivity index (χ3v) is 5.38. The summed E-state index contributed by atoms with van der Waals surface area (Å²) in [5, 5.41) is 4.73. The summed E-state index contributed by atoms with van der Waals surface area (Å²) < 4.78 is 17.4. The van der Waals surface area contributed by atoms with Crippen molar-refractivity contribution in [2.45, 2.75) is 40.2 Å². The van der Waals surface area contributed by atoms with E-state index in [0.717, 1.165) is 28.0 Å². The Morgan fingerprint density at radius 1 is 0.971 bits per heavy atom. The summed E-state index contributed by atoms with van der Waals surface area (Å²) in [7, 11) is 0. The molecule has 3 rings (SSSR count). The number of rotatable bonds is 11. The zero-order chi connectivity index (χ0) is 25.2. The van der Waals surface area contributed by atoms with Gasteiger partial charge in [-0.25, -0.2) is 5.43 Å². The summed E-state index contributed by atoms with van der Waals surface area (Å²) in [4.78, 5) is 12.2. The van der Waals surface area contributed by atoms with Crippen LogP contribution in [0.15, 0.2) is 65.8 Å². The van der Waals surface area contributed by atoms with E-state index in [2.05, 4.69) is 24.4 Å². The van der Waals surface area contributed by atoms with Crippen molar-refractivity contribution in [3.8, 4) is 17.2 Å².